The zero-order valence-corrected chi connectivity index (χ0v) is 22.6. The Hall–Kier alpha value is -3.93. The number of alkyl halides is 3. The second kappa shape index (κ2) is 14.5. The number of nitrogens with zero attached hydrogens (tertiary/aromatic N) is 1. The number of amides is 1. The summed E-state index contributed by atoms with van der Waals surface area (Å²) in [5.74, 6) is -3.80. The van der Waals surface area contributed by atoms with Crippen molar-refractivity contribution >= 4 is 29.5 Å². The van der Waals surface area contributed by atoms with Crippen molar-refractivity contribution in [3.8, 4) is 0 Å². The third-order valence-electron chi connectivity index (χ3n) is 6.49. The molecule has 40 heavy (non-hydrogen) atoms. The zero-order chi connectivity index (χ0) is 29.9. The average Bonchev–Trinajstić information content (AvgIpc) is 2.89. The van der Waals surface area contributed by atoms with Gasteiger partial charge in [-0.25, -0.2) is 9.59 Å². The molecule has 2 unspecified atom stereocenters. The number of carboxylic acid groups (broad SMARTS) is 1. The summed E-state index contributed by atoms with van der Waals surface area (Å²) in [6, 6.07) is 15.4. The molecule has 2 atom stereocenters. The molecule has 0 bridgehead atoms. The van der Waals surface area contributed by atoms with Crippen molar-refractivity contribution in [2.75, 3.05) is 45.2 Å². The number of ether oxygens (including phenoxy) is 2. The number of hydrogen-bond donors (Lipinski definition) is 1. The second-order valence-corrected chi connectivity index (χ2v) is 9.44. The highest BCUT2D eigenvalue weighted by Gasteiger charge is 2.40. The number of carbonyl (C=O) groups excluding carboxylic acids is 4. The van der Waals surface area contributed by atoms with E-state index in [2.05, 4.69) is 17.4 Å². The number of hydrogen-bond acceptors (Lipinski definition) is 7. The van der Waals surface area contributed by atoms with Crippen molar-refractivity contribution in [3.63, 3.8) is 0 Å². The summed E-state index contributed by atoms with van der Waals surface area (Å²) in [5.41, 5.74) is 2.74. The van der Waals surface area contributed by atoms with Crippen molar-refractivity contribution in [2.45, 2.75) is 38.8 Å². The summed E-state index contributed by atoms with van der Waals surface area (Å²) in [6.07, 6.45) is -3.28. The van der Waals surface area contributed by atoms with E-state index in [1.807, 2.05) is 31.2 Å². The number of methoxy groups -OCH3 is 1. The number of rotatable bonds is 8. The Morgan fingerprint density at radius 1 is 1.05 bits per heavy atom. The minimum absolute atomic E-state index is 0.122. The van der Waals surface area contributed by atoms with Crippen LogP contribution in [0.3, 0.4) is 0 Å². The van der Waals surface area contributed by atoms with Gasteiger partial charge in [-0.2, -0.15) is 13.2 Å². The van der Waals surface area contributed by atoms with E-state index in [0.717, 1.165) is 18.4 Å². The van der Waals surface area contributed by atoms with Gasteiger partial charge >= 0.3 is 18.1 Å². The summed E-state index contributed by atoms with van der Waals surface area (Å²) in [4.78, 5) is 46.7. The first-order chi connectivity index (χ1) is 18.8. The standard InChI is InChI=1S/C26H32N2O5.C2HF3O2/c1-4-33-24(30)18-28(15-9-13-21(16-28)20-11-6-5-7-12-20)17-23(29)27-25-19(2)10-8-14-22(25)26(31)32-3;3-2(4,5)1(6)7/h5-8,10-12,14,21H,4,9,13,15-18H2,1-3H3;(H,6,7). The largest absolute Gasteiger partial charge is 0.542 e. The van der Waals surface area contributed by atoms with Crippen molar-refractivity contribution in [3.05, 3.63) is 65.2 Å². The van der Waals surface area contributed by atoms with Crippen molar-refractivity contribution in [1.29, 1.82) is 0 Å². The van der Waals surface area contributed by atoms with Crippen LogP contribution in [0.1, 0.15) is 47.2 Å². The number of nitrogens with one attached hydrogen (secondary N) is 1. The maximum atomic E-state index is 13.3. The molecule has 1 amide bonds. The summed E-state index contributed by atoms with van der Waals surface area (Å²) < 4.78 is 42.0. The van der Waals surface area contributed by atoms with Crippen molar-refractivity contribution in [1.82, 2.24) is 0 Å². The van der Waals surface area contributed by atoms with E-state index >= 15 is 0 Å². The van der Waals surface area contributed by atoms with Crippen LogP contribution in [0.25, 0.3) is 0 Å². The van der Waals surface area contributed by atoms with E-state index in [4.69, 9.17) is 19.4 Å². The fraction of sp³-hybridized carbons (Fsp3) is 0.429. The normalized spacial score (nSPS) is 18.5. The fourth-order valence-electron chi connectivity index (χ4n) is 4.74. The van der Waals surface area contributed by atoms with Crippen LogP contribution in [-0.2, 0) is 23.9 Å². The van der Waals surface area contributed by atoms with Crippen LogP contribution in [0.5, 0.6) is 0 Å². The van der Waals surface area contributed by atoms with Gasteiger partial charge in [0.25, 0.3) is 5.91 Å². The monoisotopic (exact) mass is 566 g/mol. The van der Waals surface area contributed by atoms with Gasteiger partial charge in [0.15, 0.2) is 13.1 Å². The molecule has 3 rings (SSSR count). The SMILES string of the molecule is CCOC(=O)C[N+]1(CC(=O)Nc2c(C)cccc2C(=O)OC)CCCC(c2ccccc2)C1.O=C([O-])C(F)(F)F. The number of esters is 2. The Kier molecular flexibility index (Phi) is 11.7. The van der Waals surface area contributed by atoms with Crippen LogP contribution in [-0.4, -0.2) is 74.4 Å². The maximum absolute atomic E-state index is 13.3. The van der Waals surface area contributed by atoms with E-state index < -0.39 is 18.1 Å². The number of carboxylic acids is 1. The van der Waals surface area contributed by atoms with Crippen LogP contribution in [0, 0.1) is 6.92 Å². The highest BCUT2D eigenvalue weighted by Crippen LogP contribution is 2.32. The molecule has 1 N–H and O–H groups in total. The molecule has 1 heterocycles. The lowest BCUT2D eigenvalue weighted by Crippen LogP contribution is -2.59. The van der Waals surface area contributed by atoms with Gasteiger partial charge < -0.3 is 29.2 Å². The highest BCUT2D eigenvalue weighted by molar-refractivity contribution is 6.02. The summed E-state index contributed by atoms with van der Waals surface area (Å²) >= 11 is 0. The molecule has 0 aromatic heterocycles. The lowest BCUT2D eigenvalue weighted by Gasteiger charge is -2.43. The first-order valence-corrected chi connectivity index (χ1v) is 12.6. The van der Waals surface area contributed by atoms with Gasteiger partial charge in [-0.05, 0) is 43.9 Å². The van der Waals surface area contributed by atoms with Crippen molar-refractivity contribution < 1.29 is 51.4 Å². The molecule has 12 heteroatoms. The molecule has 0 saturated carbocycles. The molecule has 1 fully saturated rings. The molecular formula is C28H33F3N2O7. The van der Waals surface area contributed by atoms with Gasteiger partial charge in [0.1, 0.15) is 5.97 Å². The van der Waals surface area contributed by atoms with Gasteiger partial charge in [0.2, 0.25) is 0 Å². The maximum Gasteiger partial charge on any atom is 0.430 e. The van der Waals surface area contributed by atoms with Gasteiger partial charge in [-0.15, -0.1) is 0 Å². The third kappa shape index (κ3) is 9.37. The Bertz CT molecular complexity index is 1190. The number of aliphatic carboxylic acids is 1. The van der Waals surface area contributed by atoms with Crippen LogP contribution in [0.4, 0.5) is 18.9 Å². The number of carbonyl (C=O) groups is 4. The van der Waals surface area contributed by atoms with E-state index in [1.165, 1.54) is 12.7 Å². The number of quaternary nitrogens is 1. The second-order valence-electron chi connectivity index (χ2n) is 9.44. The average molecular weight is 567 g/mol. The molecule has 218 valence electrons. The highest BCUT2D eigenvalue weighted by atomic mass is 19.4. The van der Waals surface area contributed by atoms with Crippen molar-refractivity contribution in [2.24, 2.45) is 0 Å². The van der Waals surface area contributed by atoms with Crippen LogP contribution in [0.2, 0.25) is 0 Å². The number of para-hydroxylation sites is 1. The molecule has 2 aromatic rings. The topological polar surface area (TPSA) is 122 Å². The molecule has 0 radical (unpaired) electrons. The first-order valence-electron chi connectivity index (χ1n) is 12.6. The predicted octanol–water partition coefficient (Wildman–Crippen LogP) is 2.98. The quantitative estimate of drug-likeness (QED) is 0.385. The fourth-order valence-corrected chi connectivity index (χ4v) is 4.74. The van der Waals surface area contributed by atoms with E-state index in [0.29, 0.717) is 35.4 Å². The number of anilines is 1. The minimum atomic E-state index is -5.19. The Balaban J connectivity index is 0.000000708. The molecular weight excluding hydrogens is 533 g/mol. The lowest BCUT2D eigenvalue weighted by molar-refractivity contribution is -0.919. The molecule has 1 aliphatic rings. The van der Waals surface area contributed by atoms with Gasteiger partial charge in [0.05, 0.1) is 38.1 Å². The van der Waals surface area contributed by atoms with Gasteiger partial charge in [0, 0.05) is 5.92 Å². The number of aryl methyl sites for hydroxylation is 1. The van der Waals surface area contributed by atoms with E-state index in [9.17, 15) is 27.6 Å². The van der Waals surface area contributed by atoms with E-state index in [-0.39, 0.29) is 30.9 Å². The zero-order valence-electron chi connectivity index (χ0n) is 22.6. The number of piperidine rings is 1. The Labute approximate surface area is 230 Å². The minimum Gasteiger partial charge on any atom is -0.542 e. The smallest absolute Gasteiger partial charge is 0.430 e. The summed E-state index contributed by atoms with van der Waals surface area (Å²) in [6.45, 7) is 5.57. The summed E-state index contributed by atoms with van der Waals surface area (Å²) in [5, 5.41) is 11.7. The molecule has 9 nitrogen and oxygen atoms in total. The molecule has 2 aromatic carbocycles. The van der Waals surface area contributed by atoms with Gasteiger partial charge in [-0.3, -0.25) is 4.79 Å². The van der Waals surface area contributed by atoms with E-state index in [1.54, 1.807) is 19.1 Å². The third-order valence-corrected chi connectivity index (χ3v) is 6.49. The number of benzene rings is 2. The lowest BCUT2D eigenvalue weighted by atomic mass is 9.89. The summed E-state index contributed by atoms with van der Waals surface area (Å²) in [7, 11) is 1.31. The predicted molar refractivity (Wildman–Crippen MR) is 137 cm³/mol. The molecule has 1 aliphatic heterocycles. The van der Waals surface area contributed by atoms with Crippen LogP contribution < -0.4 is 10.4 Å². The molecule has 1 saturated heterocycles. The number of likely N-dealkylation sites (tertiary alicyclic amines) is 1. The molecule has 0 aliphatic carbocycles. The Morgan fingerprint density at radius 3 is 2.27 bits per heavy atom. The van der Waals surface area contributed by atoms with Crippen LogP contribution in [0.15, 0.2) is 48.5 Å². The van der Waals surface area contributed by atoms with Crippen LogP contribution >= 0.6 is 0 Å². The number of halogens is 3. The molecule has 0 spiro atoms. The Morgan fingerprint density at radius 2 is 1.70 bits per heavy atom. The van der Waals surface area contributed by atoms with Gasteiger partial charge in [-0.1, -0.05) is 42.5 Å². The first kappa shape index (κ1) is 32.3.